The summed E-state index contributed by atoms with van der Waals surface area (Å²) in [6, 6.07) is 20.4. The molecular formula is C26H30N2O2. The molecule has 0 amide bonds. The highest BCUT2D eigenvalue weighted by Gasteiger charge is 2.26. The van der Waals surface area contributed by atoms with Crippen LogP contribution in [0.1, 0.15) is 54.5 Å². The molecule has 4 rings (SSSR count). The summed E-state index contributed by atoms with van der Waals surface area (Å²) < 4.78 is 6.20. The van der Waals surface area contributed by atoms with Gasteiger partial charge in [0.05, 0.1) is 12.3 Å². The van der Waals surface area contributed by atoms with Gasteiger partial charge in [0.25, 0.3) is 0 Å². The van der Waals surface area contributed by atoms with Crippen LogP contribution >= 0.6 is 0 Å². The van der Waals surface area contributed by atoms with E-state index in [2.05, 4.69) is 41.9 Å². The van der Waals surface area contributed by atoms with Crippen LogP contribution in [0.4, 0.5) is 0 Å². The van der Waals surface area contributed by atoms with Gasteiger partial charge in [0.1, 0.15) is 11.5 Å². The standard InChI is InChI=1S/C26H30N2O2/c1-19(2)24-8-3-4-9-26(24)30-23-10-11-25(21(15-23)18-29)20-12-14-28(16-20)17-22-7-5-6-13-27-22/h3-11,13,15,19-20,29H,12,14,16-18H2,1-2H3. The fourth-order valence-corrected chi connectivity index (χ4v) is 4.31. The number of aliphatic hydroxyl groups excluding tert-OH is 1. The van der Waals surface area contributed by atoms with Gasteiger partial charge in [0, 0.05) is 19.3 Å². The monoisotopic (exact) mass is 402 g/mol. The molecule has 4 heteroatoms. The van der Waals surface area contributed by atoms with Crippen molar-refractivity contribution in [3.63, 3.8) is 0 Å². The van der Waals surface area contributed by atoms with Crippen molar-refractivity contribution in [2.75, 3.05) is 13.1 Å². The third kappa shape index (κ3) is 4.72. The Balaban J connectivity index is 1.48. The maximum absolute atomic E-state index is 10.0. The molecule has 1 atom stereocenters. The highest BCUT2D eigenvalue weighted by Crippen LogP contribution is 2.35. The van der Waals surface area contributed by atoms with Crippen LogP contribution in [0.5, 0.6) is 11.5 Å². The molecule has 0 radical (unpaired) electrons. The number of pyridine rings is 1. The first-order valence-electron chi connectivity index (χ1n) is 10.8. The van der Waals surface area contributed by atoms with Crippen molar-refractivity contribution in [1.82, 2.24) is 9.88 Å². The summed E-state index contributed by atoms with van der Waals surface area (Å²) in [7, 11) is 0. The number of likely N-dealkylation sites (tertiary alicyclic amines) is 1. The van der Waals surface area contributed by atoms with E-state index in [1.165, 1.54) is 11.1 Å². The lowest BCUT2D eigenvalue weighted by Crippen LogP contribution is -2.20. The summed E-state index contributed by atoms with van der Waals surface area (Å²) >= 11 is 0. The topological polar surface area (TPSA) is 45.6 Å². The Morgan fingerprint density at radius 1 is 1.10 bits per heavy atom. The van der Waals surface area contributed by atoms with E-state index in [1.807, 2.05) is 48.7 Å². The molecule has 1 aliphatic heterocycles. The highest BCUT2D eigenvalue weighted by atomic mass is 16.5. The largest absolute Gasteiger partial charge is 0.457 e. The number of hydrogen-bond donors (Lipinski definition) is 1. The number of benzene rings is 2. The van der Waals surface area contributed by atoms with E-state index < -0.39 is 0 Å². The summed E-state index contributed by atoms with van der Waals surface area (Å²) in [5.41, 5.74) is 4.48. The van der Waals surface area contributed by atoms with Gasteiger partial charge in [-0.1, -0.05) is 44.2 Å². The van der Waals surface area contributed by atoms with Crippen LogP contribution in [0.25, 0.3) is 0 Å². The van der Waals surface area contributed by atoms with E-state index in [9.17, 15) is 5.11 Å². The minimum Gasteiger partial charge on any atom is -0.457 e. The zero-order chi connectivity index (χ0) is 20.9. The lowest BCUT2D eigenvalue weighted by molar-refractivity contribution is 0.278. The van der Waals surface area contributed by atoms with Crippen LogP contribution in [0, 0.1) is 0 Å². The zero-order valence-electron chi connectivity index (χ0n) is 17.8. The third-order valence-corrected chi connectivity index (χ3v) is 5.88. The predicted octanol–water partition coefficient (Wildman–Crippen LogP) is 5.48. The molecule has 0 aliphatic carbocycles. The van der Waals surface area contributed by atoms with Gasteiger partial charge in [-0.05, 0) is 71.8 Å². The summed E-state index contributed by atoms with van der Waals surface area (Å²) in [5.74, 6) is 2.47. The van der Waals surface area contributed by atoms with E-state index in [1.54, 1.807) is 0 Å². The number of rotatable bonds is 7. The molecule has 1 unspecified atom stereocenters. The summed E-state index contributed by atoms with van der Waals surface area (Å²) in [6.45, 7) is 7.27. The minimum absolute atomic E-state index is 0.0229. The van der Waals surface area contributed by atoms with Crippen LogP contribution in [0.15, 0.2) is 66.9 Å². The highest BCUT2D eigenvalue weighted by molar-refractivity contribution is 5.43. The van der Waals surface area contributed by atoms with E-state index in [4.69, 9.17) is 4.74 Å². The average Bonchev–Trinajstić information content (AvgIpc) is 3.22. The second kappa shape index (κ2) is 9.41. The Kier molecular flexibility index (Phi) is 6.46. The maximum Gasteiger partial charge on any atom is 0.130 e. The number of hydrogen-bond acceptors (Lipinski definition) is 4. The van der Waals surface area contributed by atoms with Gasteiger partial charge < -0.3 is 9.84 Å². The van der Waals surface area contributed by atoms with Crippen LogP contribution < -0.4 is 4.74 Å². The van der Waals surface area contributed by atoms with Gasteiger partial charge in [0.15, 0.2) is 0 Å². The Labute approximate surface area is 179 Å². The molecule has 30 heavy (non-hydrogen) atoms. The van der Waals surface area contributed by atoms with Crippen molar-refractivity contribution in [1.29, 1.82) is 0 Å². The van der Waals surface area contributed by atoms with Crippen molar-refractivity contribution in [2.45, 2.75) is 45.3 Å². The lowest BCUT2D eigenvalue weighted by atomic mass is 9.93. The van der Waals surface area contributed by atoms with Crippen molar-refractivity contribution < 1.29 is 9.84 Å². The smallest absolute Gasteiger partial charge is 0.130 e. The van der Waals surface area contributed by atoms with Crippen molar-refractivity contribution >= 4 is 0 Å². The zero-order valence-corrected chi connectivity index (χ0v) is 17.8. The van der Waals surface area contributed by atoms with Crippen LogP contribution in [-0.4, -0.2) is 28.1 Å². The lowest BCUT2D eigenvalue weighted by Gasteiger charge is -2.19. The number of aromatic nitrogens is 1. The fraction of sp³-hybridized carbons (Fsp3) is 0.346. The fourth-order valence-electron chi connectivity index (χ4n) is 4.31. The first kappa shape index (κ1) is 20.6. The molecular weight excluding hydrogens is 372 g/mol. The molecule has 1 fully saturated rings. The third-order valence-electron chi connectivity index (χ3n) is 5.88. The molecule has 1 aromatic heterocycles. The van der Waals surface area contributed by atoms with E-state index >= 15 is 0 Å². The molecule has 2 heterocycles. The molecule has 1 aliphatic rings. The summed E-state index contributed by atoms with van der Waals surface area (Å²) in [4.78, 5) is 6.89. The Morgan fingerprint density at radius 2 is 1.93 bits per heavy atom. The van der Waals surface area contributed by atoms with Gasteiger partial charge in [-0.3, -0.25) is 9.88 Å². The molecule has 4 nitrogen and oxygen atoms in total. The normalized spacial score (nSPS) is 16.9. The SMILES string of the molecule is CC(C)c1ccccc1Oc1ccc(C2CCN(Cc3ccccn3)C2)c(CO)c1. The van der Waals surface area contributed by atoms with Gasteiger partial charge in [-0.2, -0.15) is 0 Å². The summed E-state index contributed by atoms with van der Waals surface area (Å²) in [6.07, 6.45) is 2.94. The second-order valence-electron chi connectivity index (χ2n) is 8.36. The Bertz CT molecular complexity index is 972. The number of para-hydroxylation sites is 1. The molecule has 0 bridgehead atoms. The summed E-state index contributed by atoms with van der Waals surface area (Å²) in [5, 5.41) is 10.0. The molecule has 0 spiro atoms. The predicted molar refractivity (Wildman–Crippen MR) is 120 cm³/mol. The van der Waals surface area contributed by atoms with Crippen LogP contribution in [0.3, 0.4) is 0 Å². The Morgan fingerprint density at radius 3 is 2.70 bits per heavy atom. The minimum atomic E-state index is 0.0229. The van der Waals surface area contributed by atoms with E-state index in [0.717, 1.165) is 48.8 Å². The van der Waals surface area contributed by atoms with Gasteiger partial charge in [0.2, 0.25) is 0 Å². The van der Waals surface area contributed by atoms with Crippen molar-refractivity contribution in [3.8, 4) is 11.5 Å². The Hall–Kier alpha value is -2.69. The molecule has 3 aromatic rings. The molecule has 0 saturated carbocycles. The average molecular weight is 403 g/mol. The van der Waals surface area contributed by atoms with Crippen molar-refractivity contribution in [3.05, 3.63) is 89.2 Å². The van der Waals surface area contributed by atoms with Gasteiger partial charge >= 0.3 is 0 Å². The van der Waals surface area contributed by atoms with Crippen LogP contribution in [-0.2, 0) is 13.2 Å². The van der Waals surface area contributed by atoms with Gasteiger partial charge in [-0.25, -0.2) is 0 Å². The second-order valence-corrected chi connectivity index (χ2v) is 8.36. The number of ether oxygens (including phenoxy) is 1. The first-order chi connectivity index (χ1) is 14.6. The molecule has 1 N–H and O–H groups in total. The first-order valence-corrected chi connectivity index (χ1v) is 10.8. The quantitative estimate of drug-likeness (QED) is 0.568. The van der Waals surface area contributed by atoms with E-state index in [0.29, 0.717) is 11.8 Å². The number of nitrogens with zero attached hydrogens (tertiary/aromatic N) is 2. The number of aliphatic hydroxyl groups is 1. The molecule has 2 aromatic carbocycles. The molecule has 1 saturated heterocycles. The maximum atomic E-state index is 10.0. The van der Waals surface area contributed by atoms with E-state index in [-0.39, 0.29) is 6.61 Å². The van der Waals surface area contributed by atoms with Crippen molar-refractivity contribution in [2.24, 2.45) is 0 Å². The van der Waals surface area contributed by atoms with Crippen LogP contribution in [0.2, 0.25) is 0 Å². The molecule has 156 valence electrons. The van der Waals surface area contributed by atoms with Gasteiger partial charge in [-0.15, -0.1) is 0 Å².